The second kappa shape index (κ2) is 9.03. The van der Waals surface area contributed by atoms with E-state index in [1.54, 1.807) is 11.6 Å². The van der Waals surface area contributed by atoms with Gasteiger partial charge in [0, 0.05) is 23.3 Å². The lowest BCUT2D eigenvalue weighted by atomic mass is 10.1. The van der Waals surface area contributed by atoms with Crippen LogP contribution in [-0.4, -0.2) is 32.8 Å². The number of amides is 1. The summed E-state index contributed by atoms with van der Waals surface area (Å²) in [5, 5.41) is 4.60. The largest absolute Gasteiger partial charge is 0.459 e. The summed E-state index contributed by atoms with van der Waals surface area (Å²) < 4.78 is 6.57. The van der Waals surface area contributed by atoms with Crippen molar-refractivity contribution in [2.45, 2.75) is 20.5 Å². The Morgan fingerprint density at radius 3 is 2.86 bits per heavy atom. The number of nitrogens with zero attached hydrogens (tertiary/aromatic N) is 2. The van der Waals surface area contributed by atoms with Crippen molar-refractivity contribution in [3.8, 4) is 0 Å². The molecule has 2 aromatic heterocycles. The summed E-state index contributed by atoms with van der Waals surface area (Å²) in [6.07, 6.45) is 1.64. The fraction of sp³-hybridized carbons (Fsp3) is 0.263. The van der Waals surface area contributed by atoms with Gasteiger partial charge in [-0.15, -0.1) is 23.1 Å². The molecule has 0 saturated heterocycles. The first kappa shape index (κ1) is 20.1. The number of ether oxygens (including phenoxy) is 1. The van der Waals surface area contributed by atoms with E-state index in [9.17, 15) is 14.4 Å². The van der Waals surface area contributed by atoms with Gasteiger partial charge in [0.1, 0.15) is 6.61 Å². The Morgan fingerprint density at radius 1 is 1.25 bits per heavy atom. The minimum Gasteiger partial charge on any atom is -0.459 e. The highest BCUT2D eigenvalue weighted by Crippen LogP contribution is 2.16. The van der Waals surface area contributed by atoms with Crippen LogP contribution < -0.4 is 10.9 Å². The van der Waals surface area contributed by atoms with Crippen molar-refractivity contribution in [2.75, 3.05) is 16.8 Å². The smallest absolute Gasteiger partial charge is 0.316 e. The van der Waals surface area contributed by atoms with E-state index in [0.717, 1.165) is 16.8 Å². The monoisotopic (exact) mass is 417 g/mol. The molecular formula is C19H19N3O4S2. The maximum atomic E-state index is 12.0. The van der Waals surface area contributed by atoms with Crippen molar-refractivity contribution in [3.63, 3.8) is 0 Å². The average molecular weight is 418 g/mol. The minimum absolute atomic E-state index is 0.0422. The molecule has 0 fully saturated rings. The highest BCUT2D eigenvalue weighted by molar-refractivity contribution is 8.00. The van der Waals surface area contributed by atoms with Gasteiger partial charge in [-0.1, -0.05) is 17.7 Å². The number of carbonyl (C=O) groups excluding carboxylic acids is 2. The number of thiazole rings is 1. The molecule has 2 heterocycles. The molecule has 1 aromatic carbocycles. The average Bonchev–Trinajstić information content (AvgIpc) is 3.11. The van der Waals surface area contributed by atoms with Crippen LogP contribution in [-0.2, 0) is 20.9 Å². The van der Waals surface area contributed by atoms with Crippen LogP contribution in [0.25, 0.3) is 4.96 Å². The van der Waals surface area contributed by atoms with Gasteiger partial charge in [-0.05, 0) is 25.5 Å². The molecule has 0 atom stereocenters. The molecule has 3 rings (SSSR count). The Morgan fingerprint density at radius 2 is 2.07 bits per heavy atom. The molecule has 7 nitrogen and oxygen atoms in total. The van der Waals surface area contributed by atoms with E-state index >= 15 is 0 Å². The van der Waals surface area contributed by atoms with Crippen LogP contribution in [0.4, 0.5) is 5.69 Å². The number of aryl methyl sites for hydroxylation is 2. The summed E-state index contributed by atoms with van der Waals surface area (Å²) >= 11 is 2.50. The molecule has 0 radical (unpaired) electrons. The van der Waals surface area contributed by atoms with E-state index < -0.39 is 5.97 Å². The number of rotatable bonds is 7. The first-order chi connectivity index (χ1) is 13.4. The van der Waals surface area contributed by atoms with Crippen LogP contribution >= 0.6 is 23.1 Å². The SMILES string of the molecule is Cc1ccc(NC(=O)CSCC(=O)OCc2cc(=O)n3ccsc3n2)c(C)c1. The van der Waals surface area contributed by atoms with Crippen molar-refractivity contribution < 1.29 is 14.3 Å². The molecule has 1 N–H and O–H groups in total. The Labute approximate surface area is 169 Å². The van der Waals surface area contributed by atoms with Crippen molar-refractivity contribution in [1.29, 1.82) is 0 Å². The number of anilines is 1. The molecule has 0 aliphatic carbocycles. The van der Waals surface area contributed by atoms with Crippen LogP contribution in [0, 0.1) is 13.8 Å². The van der Waals surface area contributed by atoms with Crippen molar-refractivity contribution >= 4 is 45.6 Å². The van der Waals surface area contributed by atoms with Crippen molar-refractivity contribution in [3.05, 3.63) is 63.0 Å². The zero-order chi connectivity index (χ0) is 20.1. The Bertz CT molecular complexity index is 1070. The van der Waals surface area contributed by atoms with E-state index in [4.69, 9.17) is 4.74 Å². The fourth-order valence-corrected chi connectivity index (χ4v) is 3.87. The van der Waals surface area contributed by atoms with E-state index in [-0.39, 0.29) is 29.6 Å². The number of fused-ring (bicyclic) bond motifs is 1. The Kier molecular flexibility index (Phi) is 6.48. The van der Waals surface area contributed by atoms with Gasteiger partial charge >= 0.3 is 5.97 Å². The lowest BCUT2D eigenvalue weighted by molar-refractivity contribution is -0.141. The number of hydrogen-bond donors (Lipinski definition) is 1. The molecule has 9 heteroatoms. The predicted octanol–water partition coefficient (Wildman–Crippen LogP) is 2.79. The van der Waals surface area contributed by atoms with Crippen LogP contribution in [0.15, 0.2) is 40.6 Å². The van der Waals surface area contributed by atoms with Gasteiger partial charge in [-0.3, -0.25) is 18.8 Å². The highest BCUT2D eigenvalue weighted by atomic mass is 32.2. The molecule has 28 heavy (non-hydrogen) atoms. The quantitative estimate of drug-likeness (QED) is 0.595. The lowest BCUT2D eigenvalue weighted by Gasteiger charge is -2.09. The molecule has 146 valence electrons. The topological polar surface area (TPSA) is 89.8 Å². The number of benzene rings is 1. The zero-order valence-corrected chi connectivity index (χ0v) is 17.1. The Balaban J connectivity index is 1.42. The summed E-state index contributed by atoms with van der Waals surface area (Å²) in [7, 11) is 0. The van der Waals surface area contributed by atoms with Gasteiger partial charge in [-0.2, -0.15) is 0 Å². The number of nitrogens with one attached hydrogen (secondary N) is 1. The van der Waals surface area contributed by atoms with Crippen LogP contribution in [0.1, 0.15) is 16.8 Å². The number of thioether (sulfide) groups is 1. The Hall–Kier alpha value is -2.65. The first-order valence-corrected chi connectivity index (χ1v) is 10.5. The normalized spacial score (nSPS) is 10.8. The molecule has 0 bridgehead atoms. The lowest BCUT2D eigenvalue weighted by Crippen LogP contribution is -2.17. The molecule has 0 unspecified atom stereocenters. The van der Waals surface area contributed by atoms with Crippen molar-refractivity contribution in [2.24, 2.45) is 0 Å². The molecule has 0 aliphatic rings. The molecular weight excluding hydrogens is 398 g/mol. The minimum atomic E-state index is -0.461. The zero-order valence-electron chi connectivity index (χ0n) is 15.4. The number of aromatic nitrogens is 2. The molecule has 1 amide bonds. The summed E-state index contributed by atoms with van der Waals surface area (Å²) in [5.41, 5.74) is 3.07. The number of carbonyl (C=O) groups is 2. The first-order valence-electron chi connectivity index (χ1n) is 8.48. The van der Waals surface area contributed by atoms with Gasteiger partial charge in [0.05, 0.1) is 17.2 Å². The number of hydrogen-bond acceptors (Lipinski definition) is 7. The van der Waals surface area contributed by atoms with Gasteiger partial charge in [-0.25, -0.2) is 4.98 Å². The van der Waals surface area contributed by atoms with Gasteiger partial charge in [0.25, 0.3) is 5.56 Å². The third-order valence-electron chi connectivity index (χ3n) is 3.85. The second-order valence-electron chi connectivity index (χ2n) is 6.16. The second-order valence-corrected chi connectivity index (χ2v) is 8.02. The van der Waals surface area contributed by atoms with E-state index in [0.29, 0.717) is 10.7 Å². The standard InChI is InChI=1S/C19H19N3O4S2/c1-12-3-4-15(13(2)7-12)21-16(23)10-27-11-18(25)26-9-14-8-17(24)22-5-6-28-19(22)20-14/h3-8H,9-11H2,1-2H3,(H,21,23). The van der Waals surface area contributed by atoms with E-state index in [1.165, 1.54) is 33.6 Å². The molecule has 0 spiro atoms. The maximum absolute atomic E-state index is 12.0. The summed E-state index contributed by atoms with van der Waals surface area (Å²) in [6.45, 7) is 3.85. The van der Waals surface area contributed by atoms with Gasteiger partial charge in [0.2, 0.25) is 5.91 Å². The summed E-state index contributed by atoms with van der Waals surface area (Å²) in [4.78, 5) is 40.6. The van der Waals surface area contributed by atoms with Crippen LogP contribution in [0.3, 0.4) is 0 Å². The fourth-order valence-electron chi connectivity index (χ4n) is 2.53. The molecule has 0 saturated carbocycles. The highest BCUT2D eigenvalue weighted by Gasteiger charge is 2.10. The molecule has 3 aromatic rings. The predicted molar refractivity (Wildman–Crippen MR) is 111 cm³/mol. The number of esters is 1. The van der Waals surface area contributed by atoms with Crippen LogP contribution in [0.2, 0.25) is 0 Å². The van der Waals surface area contributed by atoms with E-state index in [2.05, 4.69) is 10.3 Å². The molecule has 0 aliphatic heterocycles. The summed E-state index contributed by atoms with van der Waals surface area (Å²) in [5.74, 6) is -0.455. The summed E-state index contributed by atoms with van der Waals surface area (Å²) in [6, 6.07) is 7.13. The van der Waals surface area contributed by atoms with Gasteiger partial charge < -0.3 is 10.1 Å². The van der Waals surface area contributed by atoms with Gasteiger partial charge in [0.15, 0.2) is 4.96 Å². The third-order valence-corrected chi connectivity index (χ3v) is 5.51. The maximum Gasteiger partial charge on any atom is 0.316 e. The van der Waals surface area contributed by atoms with Crippen molar-refractivity contribution in [1.82, 2.24) is 9.38 Å². The van der Waals surface area contributed by atoms with E-state index in [1.807, 2.05) is 32.0 Å². The third kappa shape index (κ3) is 5.20. The van der Waals surface area contributed by atoms with Crippen LogP contribution in [0.5, 0.6) is 0 Å².